The zero-order valence-electron chi connectivity index (χ0n) is 8.57. The molecule has 1 rings (SSSR count). The smallest absolute Gasteiger partial charge is 0.237 e. The topological polar surface area (TPSA) is 55.6 Å². The molecule has 1 atom stereocenters. The summed E-state index contributed by atoms with van der Waals surface area (Å²) in [5.74, 6) is 1.90. The molecule has 0 aromatic heterocycles. The van der Waals surface area contributed by atoms with Crippen molar-refractivity contribution in [1.82, 2.24) is 4.90 Å². The molecule has 0 aromatic rings. The maximum absolute atomic E-state index is 11.1. The van der Waals surface area contributed by atoms with E-state index in [1.807, 2.05) is 11.8 Å². The van der Waals surface area contributed by atoms with E-state index < -0.39 is 0 Å². The van der Waals surface area contributed by atoms with Crippen LogP contribution in [0.5, 0.6) is 0 Å². The van der Waals surface area contributed by atoms with Crippen molar-refractivity contribution in [3.8, 4) is 0 Å². The number of nitrogens with two attached hydrogens (primary N) is 1. The van der Waals surface area contributed by atoms with E-state index in [2.05, 4.69) is 11.8 Å². The number of primary amides is 1. The summed E-state index contributed by atoms with van der Waals surface area (Å²) < 4.78 is 5.23. The summed E-state index contributed by atoms with van der Waals surface area (Å²) >= 11 is 1.88. The van der Waals surface area contributed by atoms with Crippen LogP contribution in [-0.2, 0) is 9.53 Å². The predicted molar refractivity (Wildman–Crippen MR) is 58.4 cm³/mol. The molecule has 82 valence electrons. The number of morpholine rings is 1. The Bertz CT molecular complexity index is 190. The molecular weight excluding hydrogens is 200 g/mol. The molecular formula is C9H18N2O2S. The third kappa shape index (κ3) is 3.48. The third-order valence-corrected chi connectivity index (χ3v) is 3.17. The first-order valence-corrected chi connectivity index (χ1v) is 6.10. The third-order valence-electron chi connectivity index (χ3n) is 2.29. The van der Waals surface area contributed by atoms with Gasteiger partial charge in [0.25, 0.3) is 0 Å². The van der Waals surface area contributed by atoms with Crippen LogP contribution in [0.4, 0.5) is 0 Å². The predicted octanol–water partition coefficient (Wildman–Crippen LogP) is -0.0744. The fourth-order valence-corrected chi connectivity index (χ4v) is 2.15. The average molecular weight is 218 g/mol. The van der Waals surface area contributed by atoms with E-state index in [1.54, 1.807) is 0 Å². The molecule has 0 radical (unpaired) electrons. The van der Waals surface area contributed by atoms with Gasteiger partial charge >= 0.3 is 0 Å². The van der Waals surface area contributed by atoms with E-state index in [0.717, 1.165) is 24.6 Å². The van der Waals surface area contributed by atoms with Crippen LogP contribution in [0.3, 0.4) is 0 Å². The number of hydrogen-bond donors (Lipinski definition) is 1. The van der Waals surface area contributed by atoms with Crippen LogP contribution >= 0.6 is 11.8 Å². The summed E-state index contributed by atoms with van der Waals surface area (Å²) in [4.78, 5) is 13.2. The van der Waals surface area contributed by atoms with Crippen molar-refractivity contribution in [3.05, 3.63) is 0 Å². The van der Waals surface area contributed by atoms with E-state index >= 15 is 0 Å². The van der Waals surface area contributed by atoms with Crippen LogP contribution in [0.1, 0.15) is 6.92 Å². The van der Waals surface area contributed by atoms with Gasteiger partial charge in [0.05, 0.1) is 13.2 Å². The molecule has 14 heavy (non-hydrogen) atoms. The Balaban J connectivity index is 2.34. The number of carbonyl (C=O) groups excluding carboxylic acids is 1. The molecule has 0 spiro atoms. The highest BCUT2D eigenvalue weighted by Gasteiger charge is 2.26. The monoisotopic (exact) mass is 218 g/mol. The maximum atomic E-state index is 11.1. The van der Waals surface area contributed by atoms with Gasteiger partial charge in [0.15, 0.2) is 0 Å². The number of amides is 1. The molecule has 4 nitrogen and oxygen atoms in total. The van der Waals surface area contributed by atoms with Crippen molar-refractivity contribution < 1.29 is 9.53 Å². The fourth-order valence-electron chi connectivity index (χ4n) is 1.49. The largest absolute Gasteiger partial charge is 0.378 e. The molecule has 1 aliphatic rings. The molecule has 1 amide bonds. The van der Waals surface area contributed by atoms with Gasteiger partial charge in [-0.2, -0.15) is 11.8 Å². The van der Waals surface area contributed by atoms with Gasteiger partial charge in [0.2, 0.25) is 5.91 Å². The lowest BCUT2D eigenvalue weighted by Crippen LogP contribution is -2.53. The van der Waals surface area contributed by atoms with E-state index in [4.69, 9.17) is 10.5 Å². The highest BCUT2D eigenvalue weighted by molar-refractivity contribution is 7.99. The summed E-state index contributed by atoms with van der Waals surface area (Å²) in [6.45, 7) is 5.04. The SMILES string of the molecule is CCSCCN1CCOC[C@@H]1C(N)=O. The first-order chi connectivity index (χ1) is 6.75. The highest BCUT2D eigenvalue weighted by Crippen LogP contribution is 2.08. The van der Waals surface area contributed by atoms with E-state index in [0.29, 0.717) is 13.2 Å². The standard InChI is InChI=1S/C9H18N2O2S/c1-2-14-6-4-11-3-5-13-7-8(11)9(10)12/h8H,2-7H2,1H3,(H2,10,12)/t8-/m1/s1. The number of carbonyl (C=O) groups is 1. The Hall–Kier alpha value is -0.260. The maximum Gasteiger partial charge on any atom is 0.237 e. The number of ether oxygens (including phenoxy) is 1. The van der Waals surface area contributed by atoms with Gasteiger partial charge in [-0.3, -0.25) is 9.69 Å². The number of hydrogen-bond acceptors (Lipinski definition) is 4. The summed E-state index contributed by atoms with van der Waals surface area (Å²) in [7, 11) is 0. The number of rotatable bonds is 5. The molecule has 0 aromatic carbocycles. The lowest BCUT2D eigenvalue weighted by atomic mass is 10.2. The van der Waals surface area contributed by atoms with Crippen molar-refractivity contribution in [2.45, 2.75) is 13.0 Å². The molecule has 0 unspecified atom stereocenters. The Morgan fingerprint density at radius 3 is 3.14 bits per heavy atom. The minimum absolute atomic E-state index is 0.221. The second-order valence-electron chi connectivity index (χ2n) is 3.23. The Morgan fingerprint density at radius 2 is 2.50 bits per heavy atom. The highest BCUT2D eigenvalue weighted by atomic mass is 32.2. The minimum atomic E-state index is -0.272. The van der Waals surface area contributed by atoms with Crippen LogP contribution in [0.15, 0.2) is 0 Å². The van der Waals surface area contributed by atoms with Crippen molar-refractivity contribution in [2.24, 2.45) is 5.73 Å². The molecule has 0 saturated carbocycles. The molecule has 2 N–H and O–H groups in total. The quantitative estimate of drug-likeness (QED) is 0.656. The zero-order valence-corrected chi connectivity index (χ0v) is 9.39. The normalized spacial score (nSPS) is 23.6. The summed E-state index contributed by atoms with van der Waals surface area (Å²) in [5, 5.41) is 0. The number of thioether (sulfide) groups is 1. The van der Waals surface area contributed by atoms with Gasteiger partial charge in [-0.1, -0.05) is 6.92 Å². The van der Waals surface area contributed by atoms with Crippen LogP contribution in [0.2, 0.25) is 0 Å². The molecule has 1 aliphatic heterocycles. The fraction of sp³-hybridized carbons (Fsp3) is 0.889. The summed E-state index contributed by atoms with van der Waals surface area (Å²) in [6, 6.07) is -0.221. The minimum Gasteiger partial charge on any atom is -0.378 e. The molecule has 5 heteroatoms. The van der Waals surface area contributed by atoms with E-state index in [1.165, 1.54) is 0 Å². The molecule has 0 aliphatic carbocycles. The summed E-state index contributed by atoms with van der Waals surface area (Å²) in [6.07, 6.45) is 0. The second-order valence-corrected chi connectivity index (χ2v) is 4.62. The van der Waals surface area contributed by atoms with Crippen LogP contribution in [0, 0.1) is 0 Å². The van der Waals surface area contributed by atoms with Crippen molar-refractivity contribution in [3.63, 3.8) is 0 Å². The van der Waals surface area contributed by atoms with Gasteiger partial charge in [-0.25, -0.2) is 0 Å². The van der Waals surface area contributed by atoms with Crippen molar-refractivity contribution >= 4 is 17.7 Å². The van der Waals surface area contributed by atoms with Gasteiger partial charge in [-0.15, -0.1) is 0 Å². The first kappa shape index (κ1) is 11.8. The van der Waals surface area contributed by atoms with Crippen molar-refractivity contribution in [1.29, 1.82) is 0 Å². The van der Waals surface area contributed by atoms with Crippen LogP contribution < -0.4 is 5.73 Å². The van der Waals surface area contributed by atoms with Gasteiger partial charge < -0.3 is 10.5 Å². The van der Waals surface area contributed by atoms with Crippen LogP contribution in [-0.4, -0.2) is 54.7 Å². The van der Waals surface area contributed by atoms with Crippen molar-refractivity contribution in [2.75, 3.05) is 37.8 Å². The molecule has 1 heterocycles. The summed E-state index contributed by atoms with van der Waals surface area (Å²) in [5.41, 5.74) is 5.29. The lowest BCUT2D eigenvalue weighted by Gasteiger charge is -2.33. The Kier molecular flexibility index (Phi) is 5.29. The molecule has 0 bridgehead atoms. The van der Waals surface area contributed by atoms with E-state index in [9.17, 15) is 4.79 Å². The van der Waals surface area contributed by atoms with Gasteiger partial charge in [0.1, 0.15) is 6.04 Å². The number of nitrogens with zero attached hydrogens (tertiary/aromatic N) is 1. The Morgan fingerprint density at radius 1 is 1.71 bits per heavy atom. The molecule has 1 saturated heterocycles. The molecule has 1 fully saturated rings. The Labute approximate surface area is 89.2 Å². The zero-order chi connectivity index (χ0) is 10.4. The first-order valence-electron chi connectivity index (χ1n) is 4.94. The average Bonchev–Trinajstić information content (AvgIpc) is 2.19. The van der Waals surface area contributed by atoms with Gasteiger partial charge in [-0.05, 0) is 5.75 Å². The van der Waals surface area contributed by atoms with Crippen LogP contribution in [0.25, 0.3) is 0 Å². The second kappa shape index (κ2) is 6.27. The lowest BCUT2D eigenvalue weighted by molar-refractivity contribution is -0.128. The van der Waals surface area contributed by atoms with Gasteiger partial charge in [0, 0.05) is 18.8 Å². The van der Waals surface area contributed by atoms with E-state index in [-0.39, 0.29) is 11.9 Å².